The minimum Gasteiger partial charge on any atom is -0.703 e. The van der Waals surface area contributed by atoms with Gasteiger partial charge in [0.1, 0.15) is 11.8 Å². The van der Waals surface area contributed by atoms with Gasteiger partial charge in [-0.15, -0.1) is 0 Å². The standard InChI is InChI=1S/C7H13N3O2S/c1-5(12-11)3-6-4-8-9-7(13)10(6)2/h4,6-7,9,11,13H,1,3H2,2H3. The molecule has 0 saturated carbocycles. The Kier molecular flexibility index (Phi) is 3.58. The normalized spacial score (nSPS) is 32.4. The van der Waals surface area contributed by atoms with Crippen molar-refractivity contribution in [1.29, 1.82) is 0 Å². The number of hydrazone groups is 1. The molecule has 3 unspecified atom stereocenters. The van der Waals surface area contributed by atoms with E-state index in [2.05, 4.69) is 22.0 Å². The molecule has 0 bridgehead atoms. The lowest BCUT2D eigenvalue weighted by molar-refractivity contribution is -0.909. The van der Waals surface area contributed by atoms with Gasteiger partial charge >= 0.3 is 0 Å². The van der Waals surface area contributed by atoms with Gasteiger partial charge in [-0.3, -0.25) is 5.43 Å². The van der Waals surface area contributed by atoms with Gasteiger partial charge in [-0.1, -0.05) is 6.58 Å². The van der Waals surface area contributed by atoms with E-state index in [0.717, 1.165) is 4.90 Å². The SMILES string of the molecule is C=C(CC1C=NNC([S-])[NH+]1C)OO. The van der Waals surface area contributed by atoms with E-state index in [1.807, 2.05) is 7.05 Å². The predicted octanol–water partition coefficient (Wildman–Crippen LogP) is -1.32. The van der Waals surface area contributed by atoms with Crippen molar-refractivity contribution in [2.24, 2.45) is 5.10 Å². The van der Waals surface area contributed by atoms with Gasteiger partial charge in [-0.2, -0.15) is 5.10 Å². The van der Waals surface area contributed by atoms with Crippen molar-refractivity contribution in [3.8, 4) is 0 Å². The van der Waals surface area contributed by atoms with Crippen LogP contribution in [0.15, 0.2) is 17.4 Å². The average Bonchev–Trinajstić information content (AvgIpc) is 2.13. The lowest BCUT2D eigenvalue weighted by Crippen LogP contribution is -3.19. The lowest BCUT2D eigenvalue weighted by atomic mass is 10.2. The lowest BCUT2D eigenvalue weighted by Gasteiger charge is -2.36. The van der Waals surface area contributed by atoms with Crippen LogP contribution < -0.4 is 10.3 Å². The maximum atomic E-state index is 8.32. The molecule has 0 spiro atoms. The molecule has 0 aliphatic carbocycles. The Morgan fingerprint density at radius 2 is 2.62 bits per heavy atom. The van der Waals surface area contributed by atoms with Crippen LogP contribution in [0.3, 0.4) is 0 Å². The van der Waals surface area contributed by atoms with Gasteiger partial charge in [-0.05, 0) is 0 Å². The van der Waals surface area contributed by atoms with Gasteiger partial charge in [0.2, 0.25) is 0 Å². The van der Waals surface area contributed by atoms with E-state index in [0.29, 0.717) is 12.2 Å². The zero-order chi connectivity index (χ0) is 9.84. The molecule has 0 saturated heterocycles. The summed E-state index contributed by atoms with van der Waals surface area (Å²) < 4.78 is 0. The summed E-state index contributed by atoms with van der Waals surface area (Å²) in [6, 6.07) is 0.100. The smallest absolute Gasteiger partial charge is 0.141 e. The molecular formula is C7H13N3O2S. The minimum atomic E-state index is -0.151. The van der Waals surface area contributed by atoms with E-state index in [1.54, 1.807) is 6.21 Å². The summed E-state index contributed by atoms with van der Waals surface area (Å²) in [6.07, 6.45) is 2.25. The van der Waals surface area contributed by atoms with Crippen LogP contribution in [0.2, 0.25) is 0 Å². The van der Waals surface area contributed by atoms with Crippen LogP contribution in [0.4, 0.5) is 0 Å². The first-order valence-corrected chi connectivity index (χ1v) is 4.39. The van der Waals surface area contributed by atoms with Gasteiger partial charge in [-0.25, -0.2) is 5.26 Å². The fourth-order valence-electron chi connectivity index (χ4n) is 1.11. The second-order valence-corrected chi connectivity index (χ2v) is 3.44. The highest BCUT2D eigenvalue weighted by Gasteiger charge is 2.22. The summed E-state index contributed by atoms with van der Waals surface area (Å²) in [7, 11) is 1.95. The largest absolute Gasteiger partial charge is 0.703 e. The van der Waals surface area contributed by atoms with E-state index in [1.165, 1.54) is 0 Å². The number of nitrogens with zero attached hydrogens (tertiary/aromatic N) is 1. The molecule has 0 amide bonds. The highest BCUT2D eigenvalue weighted by atomic mass is 32.1. The summed E-state index contributed by atoms with van der Waals surface area (Å²) in [5.41, 5.74) is 2.62. The molecule has 0 aromatic carbocycles. The van der Waals surface area contributed by atoms with Crippen molar-refractivity contribution in [1.82, 2.24) is 5.43 Å². The van der Waals surface area contributed by atoms with Crippen molar-refractivity contribution in [2.75, 3.05) is 7.05 Å². The summed E-state index contributed by atoms with van der Waals surface area (Å²) in [5.74, 6) is 0.319. The first-order valence-electron chi connectivity index (χ1n) is 3.92. The topological polar surface area (TPSA) is 58.3 Å². The summed E-state index contributed by atoms with van der Waals surface area (Å²) >= 11 is 5.08. The van der Waals surface area contributed by atoms with Crippen LogP contribution in [-0.2, 0) is 17.5 Å². The molecule has 1 rings (SSSR count). The second kappa shape index (κ2) is 4.50. The third kappa shape index (κ3) is 2.61. The number of nitrogens with one attached hydrogen (secondary N) is 2. The summed E-state index contributed by atoms with van der Waals surface area (Å²) in [5, 5.41) is 12.2. The van der Waals surface area contributed by atoms with Crippen molar-refractivity contribution < 1.29 is 15.0 Å². The third-order valence-corrected chi connectivity index (χ3v) is 2.50. The van der Waals surface area contributed by atoms with Gasteiger partial charge in [0.05, 0.1) is 25.2 Å². The van der Waals surface area contributed by atoms with Crippen LogP contribution in [0.25, 0.3) is 0 Å². The highest BCUT2D eigenvalue weighted by molar-refractivity contribution is 7.59. The van der Waals surface area contributed by atoms with Crippen molar-refractivity contribution in [3.63, 3.8) is 0 Å². The molecule has 13 heavy (non-hydrogen) atoms. The van der Waals surface area contributed by atoms with Crippen LogP contribution in [0, 0.1) is 0 Å². The predicted molar refractivity (Wildman–Crippen MR) is 50.9 cm³/mol. The molecule has 1 aliphatic rings. The van der Waals surface area contributed by atoms with E-state index in [-0.39, 0.29) is 11.5 Å². The van der Waals surface area contributed by atoms with Gasteiger partial charge < -0.3 is 22.4 Å². The third-order valence-electron chi connectivity index (χ3n) is 2.02. The molecule has 1 aliphatic heterocycles. The van der Waals surface area contributed by atoms with Crippen molar-refractivity contribution in [2.45, 2.75) is 18.0 Å². The molecule has 3 atom stereocenters. The van der Waals surface area contributed by atoms with Crippen LogP contribution >= 0.6 is 0 Å². The van der Waals surface area contributed by atoms with Crippen LogP contribution in [0.5, 0.6) is 0 Å². The molecule has 0 fully saturated rings. The van der Waals surface area contributed by atoms with Crippen LogP contribution in [0.1, 0.15) is 6.42 Å². The Morgan fingerprint density at radius 1 is 1.92 bits per heavy atom. The molecule has 0 radical (unpaired) electrons. The molecule has 3 N–H and O–H groups in total. The minimum absolute atomic E-state index is 0.100. The quantitative estimate of drug-likeness (QED) is 0.230. The van der Waals surface area contributed by atoms with Crippen molar-refractivity contribution in [3.05, 3.63) is 12.3 Å². The van der Waals surface area contributed by atoms with Gasteiger partial charge in [0.15, 0.2) is 0 Å². The molecule has 0 aromatic heterocycles. The number of quaternary nitrogens is 1. The number of hydrogen-bond acceptors (Lipinski definition) is 5. The van der Waals surface area contributed by atoms with E-state index < -0.39 is 0 Å². The molecule has 74 valence electrons. The van der Waals surface area contributed by atoms with E-state index in [9.17, 15) is 0 Å². The monoisotopic (exact) mass is 203 g/mol. The zero-order valence-corrected chi connectivity index (χ0v) is 8.17. The number of rotatable bonds is 3. The fourth-order valence-corrected chi connectivity index (χ4v) is 1.35. The first-order chi connectivity index (χ1) is 6.15. The van der Waals surface area contributed by atoms with E-state index in [4.69, 9.17) is 17.9 Å². The molecular weight excluding hydrogens is 190 g/mol. The maximum absolute atomic E-state index is 8.32. The molecule has 0 aromatic rings. The van der Waals surface area contributed by atoms with E-state index >= 15 is 0 Å². The number of hydrogen-bond donors (Lipinski definition) is 3. The Hall–Kier alpha value is -0.720. The first kappa shape index (κ1) is 10.4. The van der Waals surface area contributed by atoms with Gasteiger partial charge in [0.25, 0.3) is 0 Å². The van der Waals surface area contributed by atoms with Gasteiger partial charge in [0, 0.05) is 0 Å². The molecule has 1 heterocycles. The second-order valence-electron chi connectivity index (χ2n) is 2.97. The Morgan fingerprint density at radius 3 is 3.23 bits per heavy atom. The Balaban J connectivity index is 2.53. The zero-order valence-electron chi connectivity index (χ0n) is 7.36. The Labute approximate surface area is 82.4 Å². The summed E-state index contributed by atoms with van der Waals surface area (Å²) in [4.78, 5) is 5.10. The Bertz CT molecular complexity index is 222. The van der Waals surface area contributed by atoms with Crippen molar-refractivity contribution >= 4 is 18.8 Å². The molecule has 6 heteroatoms. The van der Waals surface area contributed by atoms with Crippen LogP contribution in [-0.4, -0.2) is 30.1 Å². The average molecular weight is 203 g/mol. The summed E-state index contributed by atoms with van der Waals surface area (Å²) in [6.45, 7) is 3.53. The molecule has 5 nitrogen and oxygen atoms in total. The fraction of sp³-hybridized carbons (Fsp3) is 0.571. The maximum Gasteiger partial charge on any atom is 0.141 e. The highest BCUT2D eigenvalue weighted by Crippen LogP contribution is 2.00.